The molecule has 2 aromatic rings. The molecule has 1 spiro atoms. The van der Waals surface area contributed by atoms with Crippen LogP contribution in [0.3, 0.4) is 0 Å². The Kier molecular flexibility index (Phi) is 3.95. The minimum atomic E-state index is -5.06. The number of halogens is 5. The number of hydrogen-bond donors (Lipinski definition) is 1. The van der Waals surface area contributed by atoms with E-state index in [0.717, 1.165) is 24.3 Å². The van der Waals surface area contributed by atoms with Gasteiger partial charge in [-0.3, -0.25) is 4.79 Å². The summed E-state index contributed by atoms with van der Waals surface area (Å²) in [5.74, 6) is -2.73. The zero-order chi connectivity index (χ0) is 20.3. The third kappa shape index (κ3) is 2.90. The van der Waals surface area contributed by atoms with Crippen LogP contribution in [0.15, 0.2) is 42.5 Å². The summed E-state index contributed by atoms with van der Waals surface area (Å²) >= 11 is 0. The average molecular weight is 396 g/mol. The molecular weight excluding hydrogens is 383 g/mol. The molecule has 1 saturated heterocycles. The van der Waals surface area contributed by atoms with E-state index in [1.807, 2.05) is 0 Å². The zero-order valence-electron chi connectivity index (χ0n) is 14.2. The van der Waals surface area contributed by atoms with Gasteiger partial charge in [0, 0.05) is 5.56 Å². The molecule has 28 heavy (non-hydrogen) atoms. The fourth-order valence-electron chi connectivity index (χ4n) is 3.37. The Morgan fingerprint density at radius 1 is 0.964 bits per heavy atom. The standard InChI is InChI=1S/C19H13F5N2O2/c20-12-4-1-10(2-5-12)11-3-6-13(14(21)9-11)15(19(22,23)24)26-16(27)18(7-8-18)25-17(26)28/h1-6,9,15H,7-8H2,(H,25,28). The number of benzene rings is 2. The Morgan fingerprint density at radius 3 is 2.07 bits per heavy atom. The van der Waals surface area contributed by atoms with Crippen molar-refractivity contribution in [3.63, 3.8) is 0 Å². The van der Waals surface area contributed by atoms with Crippen molar-refractivity contribution < 1.29 is 31.5 Å². The van der Waals surface area contributed by atoms with Crippen molar-refractivity contribution in [1.29, 1.82) is 0 Å². The normalized spacial score (nSPS) is 19.1. The molecule has 1 atom stereocenters. The Labute approximate surface area is 155 Å². The van der Waals surface area contributed by atoms with Gasteiger partial charge in [-0.15, -0.1) is 0 Å². The molecule has 1 saturated carbocycles. The molecule has 4 rings (SSSR count). The largest absolute Gasteiger partial charge is 0.413 e. The first-order chi connectivity index (χ1) is 13.1. The van der Waals surface area contributed by atoms with Crippen LogP contribution in [0.4, 0.5) is 26.7 Å². The number of amides is 3. The lowest BCUT2D eigenvalue weighted by Crippen LogP contribution is -2.43. The smallest absolute Gasteiger partial charge is 0.323 e. The maximum atomic E-state index is 14.7. The number of nitrogens with one attached hydrogen (secondary N) is 1. The van der Waals surface area contributed by atoms with Crippen molar-refractivity contribution >= 4 is 11.9 Å². The molecule has 2 fully saturated rings. The predicted octanol–water partition coefficient (Wildman–Crippen LogP) is 4.32. The first-order valence-corrected chi connectivity index (χ1v) is 8.40. The monoisotopic (exact) mass is 396 g/mol. The lowest BCUT2D eigenvalue weighted by Gasteiger charge is -2.28. The maximum Gasteiger partial charge on any atom is 0.413 e. The number of hydrogen-bond acceptors (Lipinski definition) is 2. The summed E-state index contributed by atoms with van der Waals surface area (Å²) in [6, 6.07) is 4.07. The number of imide groups is 1. The molecule has 146 valence electrons. The van der Waals surface area contributed by atoms with E-state index in [0.29, 0.717) is 5.56 Å². The molecule has 3 amide bonds. The van der Waals surface area contributed by atoms with Gasteiger partial charge < -0.3 is 5.32 Å². The van der Waals surface area contributed by atoms with Crippen LogP contribution >= 0.6 is 0 Å². The van der Waals surface area contributed by atoms with Crippen LogP contribution in [0.25, 0.3) is 11.1 Å². The number of rotatable bonds is 3. The van der Waals surface area contributed by atoms with Gasteiger partial charge in [-0.2, -0.15) is 13.2 Å². The molecule has 1 aliphatic heterocycles. The highest BCUT2D eigenvalue weighted by Crippen LogP contribution is 2.47. The lowest BCUT2D eigenvalue weighted by atomic mass is 9.98. The van der Waals surface area contributed by atoms with Crippen molar-refractivity contribution in [3.8, 4) is 11.1 Å². The molecule has 2 aliphatic rings. The van der Waals surface area contributed by atoms with Crippen molar-refractivity contribution in [2.45, 2.75) is 30.6 Å². The number of carbonyl (C=O) groups excluding carboxylic acids is 2. The second-order valence-electron chi connectivity index (χ2n) is 6.87. The molecule has 0 aromatic heterocycles. The molecule has 1 aliphatic carbocycles. The quantitative estimate of drug-likeness (QED) is 0.621. The fraction of sp³-hybridized carbons (Fsp3) is 0.263. The van der Waals surface area contributed by atoms with Crippen molar-refractivity contribution in [3.05, 3.63) is 59.7 Å². The first kappa shape index (κ1) is 18.4. The summed E-state index contributed by atoms with van der Waals surface area (Å²) < 4.78 is 68.9. The number of carbonyl (C=O) groups is 2. The summed E-state index contributed by atoms with van der Waals surface area (Å²) in [6.07, 6.45) is -4.55. The highest BCUT2D eigenvalue weighted by molar-refractivity contribution is 6.09. The summed E-state index contributed by atoms with van der Waals surface area (Å²) in [6.45, 7) is 0. The summed E-state index contributed by atoms with van der Waals surface area (Å²) in [5, 5.41) is 2.27. The van der Waals surface area contributed by atoms with Crippen LogP contribution in [0, 0.1) is 11.6 Å². The number of nitrogens with zero attached hydrogens (tertiary/aromatic N) is 1. The molecule has 2 aromatic carbocycles. The number of urea groups is 1. The Morgan fingerprint density at radius 2 is 1.57 bits per heavy atom. The maximum absolute atomic E-state index is 14.7. The van der Waals surface area contributed by atoms with E-state index in [9.17, 15) is 31.5 Å². The van der Waals surface area contributed by atoms with E-state index >= 15 is 0 Å². The zero-order valence-corrected chi connectivity index (χ0v) is 14.2. The summed E-state index contributed by atoms with van der Waals surface area (Å²) in [5.41, 5.74) is -1.48. The van der Waals surface area contributed by atoms with E-state index in [-0.39, 0.29) is 23.3 Å². The van der Waals surface area contributed by atoms with Crippen molar-refractivity contribution in [2.75, 3.05) is 0 Å². The summed E-state index contributed by atoms with van der Waals surface area (Å²) in [4.78, 5) is 24.5. The van der Waals surface area contributed by atoms with Gasteiger partial charge >= 0.3 is 12.2 Å². The first-order valence-electron chi connectivity index (χ1n) is 8.40. The third-order valence-corrected chi connectivity index (χ3v) is 4.98. The van der Waals surface area contributed by atoms with Crippen LogP contribution in [0.1, 0.15) is 24.4 Å². The highest BCUT2D eigenvalue weighted by Gasteiger charge is 2.64. The second kappa shape index (κ2) is 6.02. The van der Waals surface area contributed by atoms with Crippen molar-refractivity contribution in [1.82, 2.24) is 10.2 Å². The van der Waals surface area contributed by atoms with Gasteiger partial charge in [-0.1, -0.05) is 24.3 Å². The Hall–Kier alpha value is -2.97. The molecule has 0 radical (unpaired) electrons. The van der Waals surface area contributed by atoms with Gasteiger partial charge in [0.05, 0.1) is 0 Å². The van der Waals surface area contributed by atoms with Gasteiger partial charge in [-0.25, -0.2) is 18.5 Å². The van der Waals surface area contributed by atoms with E-state index < -0.39 is 46.9 Å². The Balaban J connectivity index is 1.75. The fourth-order valence-corrected chi connectivity index (χ4v) is 3.37. The van der Waals surface area contributed by atoms with E-state index in [1.54, 1.807) is 0 Å². The van der Waals surface area contributed by atoms with Crippen molar-refractivity contribution in [2.24, 2.45) is 0 Å². The molecule has 1 heterocycles. The molecule has 9 heteroatoms. The molecule has 1 N–H and O–H groups in total. The SMILES string of the molecule is O=C1NC2(CC2)C(=O)N1C(c1ccc(-c2ccc(F)cc2)cc1F)C(F)(F)F. The minimum absolute atomic E-state index is 0.0585. The van der Waals surface area contributed by atoms with Crippen LogP contribution < -0.4 is 5.32 Å². The van der Waals surface area contributed by atoms with Crippen LogP contribution in [-0.4, -0.2) is 28.6 Å². The van der Waals surface area contributed by atoms with E-state index in [2.05, 4.69) is 5.32 Å². The van der Waals surface area contributed by atoms with Gasteiger partial charge in [0.25, 0.3) is 5.91 Å². The summed E-state index contributed by atoms with van der Waals surface area (Å²) in [7, 11) is 0. The van der Waals surface area contributed by atoms with Gasteiger partial charge in [0.15, 0.2) is 6.04 Å². The topological polar surface area (TPSA) is 49.4 Å². The third-order valence-electron chi connectivity index (χ3n) is 4.98. The second-order valence-corrected chi connectivity index (χ2v) is 6.87. The molecule has 1 unspecified atom stereocenters. The van der Waals surface area contributed by atoms with Crippen LogP contribution in [0.2, 0.25) is 0 Å². The number of alkyl halides is 3. The van der Waals surface area contributed by atoms with Gasteiger partial charge in [-0.05, 0) is 42.2 Å². The predicted molar refractivity (Wildman–Crippen MR) is 87.9 cm³/mol. The molecular formula is C19H13F5N2O2. The van der Waals surface area contributed by atoms with Crippen LogP contribution in [-0.2, 0) is 4.79 Å². The molecule has 0 bridgehead atoms. The van der Waals surface area contributed by atoms with E-state index in [4.69, 9.17) is 0 Å². The van der Waals surface area contributed by atoms with Gasteiger partial charge in [0.1, 0.15) is 17.2 Å². The Bertz CT molecular complexity index is 967. The van der Waals surface area contributed by atoms with Crippen LogP contribution in [0.5, 0.6) is 0 Å². The highest BCUT2D eigenvalue weighted by atomic mass is 19.4. The lowest BCUT2D eigenvalue weighted by molar-refractivity contribution is -0.183. The minimum Gasteiger partial charge on any atom is -0.323 e. The molecule has 4 nitrogen and oxygen atoms in total. The van der Waals surface area contributed by atoms with Gasteiger partial charge in [0.2, 0.25) is 0 Å². The average Bonchev–Trinajstić information content (AvgIpc) is 3.35. The van der Waals surface area contributed by atoms with E-state index in [1.165, 1.54) is 18.2 Å².